The van der Waals surface area contributed by atoms with E-state index in [9.17, 15) is 5.11 Å². The smallest absolute Gasteiger partial charge is 0.120 e. The van der Waals surface area contributed by atoms with Crippen molar-refractivity contribution in [2.24, 2.45) is 0 Å². The predicted molar refractivity (Wildman–Crippen MR) is 81.7 cm³/mol. The Hall–Kier alpha value is -1.48. The highest BCUT2D eigenvalue weighted by Gasteiger charge is 2.22. The molecule has 0 spiro atoms. The van der Waals surface area contributed by atoms with Gasteiger partial charge in [-0.2, -0.15) is 0 Å². The number of rotatable bonds is 2. The lowest BCUT2D eigenvalue weighted by molar-refractivity contribution is 0.471. The molecule has 1 aliphatic rings. The molecule has 0 radical (unpaired) electrons. The molecule has 2 aromatic carbocycles. The number of phenolic OH excluding ortho intramolecular Hbond substituents is 1. The largest absolute Gasteiger partial charge is 0.508 e. The average molecular weight is 318 g/mol. The van der Waals surface area contributed by atoms with E-state index in [1.807, 2.05) is 19.1 Å². The van der Waals surface area contributed by atoms with Crippen molar-refractivity contribution in [3.63, 3.8) is 0 Å². The maximum absolute atomic E-state index is 9.76. The van der Waals surface area contributed by atoms with E-state index < -0.39 is 0 Å². The van der Waals surface area contributed by atoms with Crippen LogP contribution in [0.3, 0.4) is 0 Å². The summed E-state index contributed by atoms with van der Waals surface area (Å²) in [4.78, 5) is 0. The van der Waals surface area contributed by atoms with Crippen molar-refractivity contribution in [1.82, 2.24) is 0 Å². The van der Waals surface area contributed by atoms with Gasteiger partial charge in [0.15, 0.2) is 0 Å². The van der Waals surface area contributed by atoms with Crippen LogP contribution in [0.2, 0.25) is 0 Å². The van der Waals surface area contributed by atoms with Crippen molar-refractivity contribution in [3.8, 4) is 5.75 Å². The molecule has 0 saturated carbocycles. The number of halogens is 1. The number of phenols is 1. The maximum Gasteiger partial charge on any atom is 0.120 e. The van der Waals surface area contributed by atoms with Gasteiger partial charge in [-0.1, -0.05) is 28.1 Å². The average Bonchev–Trinajstić information content (AvgIpc) is 2.76. The second-order valence-corrected chi connectivity index (χ2v) is 6.00. The molecule has 2 N–H and O–H groups in total. The fraction of sp³-hybridized carbons (Fsp3) is 0.250. The molecular formula is C16H16BrNO. The minimum atomic E-state index is 0.338. The molecule has 0 aromatic heterocycles. The van der Waals surface area contributed by atoms with Crippen molar-refractivity contribution in [2.45, 2.75) is 25.8 Å². The molecule has 2 nitrogen and oxygen atoms in total. The van der Waals surface area contributed by atoms with Crippen LogP contribution in [0, 0.1) is 6.92 Å². The molecule has 1 unspecified atom stereocenters. The summed E-state index contributed by atoms with van der Waals surface area (Å²) in [5.74, 6) is 0.346. The van der Waals surface area contributed by atoms with Gasteiger partial charge in [0, 0.05) is 16.2 Å². The monoisotopic (exact) mass is 317 g/mol. The van der Waals surface area contributed by atoms with E-state index >= 15 is 0 Å². The summed E-state index contributed by atoms with van der Waals surface area (Å²) in [5.41, 5.74) is 4.65. The molecule has 0 saturated heterocycles. The Morgan fingerprint density at radius 1 is 1.21 bits per heavy atom. The highest BCUT2D eigenvalue weighted by atomic mass is 79.9. The van der Waals surface area contributed by atoms with Gasteiger partial charge in [0.25, 0.3) is 0 Å². The lowest BCUT2D eigenvalue weighted by Gasteiger charge is -2.16. The summed E-state index contributed by atoms with van der Waals surface area (Å²) in [7, 11) is 0. The molecular weight excluding hydrogens is 302 g/mol. The lowest BCUT2D eigenvalue weighted by atomic mass is 10.1. The van der Waals surface area contributed by atoms with Crippen LogP contribution in [0.5, 0.6) is 5.75 Å². The number of fused-ring (bicyclic) bond motifs is 1. The first-order valence-electron chi connectivity index (χ1n) is 6.48. The van der Waals surface area contributed by atoms with E-state index in [1.165, 1.54) is 11.1 Å². The summed E-state index contributed by atoms with van der Waals surface area (Å²) in [5, 5.41) is 13.3. The van der Waals surface area contributed by atoms with E-state index in [1.54, 1.807) is 6.07 Å². The molecule has 98 valence electrons. The first-order chi connectivity index (χ1) is 9.13. The highest BCUT2D eigenvalue weighted by molar-refractivity contribution is 9.10. The molecule has 19 heavy (non-hydrogen) atoms. The van der Waals surface area contributed by atoms with Gasteiger partial charge >= 0.3 is 0 Å². The Morgan fingerprint density at radius 3 is 2.84 bits per heavy atom. The van der Waals surface area contributed by atoms with Crippen LogP contribution in [0.1, 0.15) is 29.2 Å². The Morgan fingerprint density at radius 2 is 2.05 bits per heavy atom. The number of hydrogen-bond donors (Lipinski definition) is 2. The molecule has 0 amide bonds. The van der Waals surface area contributed by atoms with E-state index in [4.69, 9.17) is 0 Å². The van der Waals surface area contributed by atoms with E-state index in [-0.39, 0.29) is 0 Å². The third-order valence-electron chi connectivity index (χ3n) is 3.73. The first kappa shape index (κ1) is 12.5. The summed E-state index contributed by atoms with van der Waals surface area (Å²) in [6, 6.07) is 12.6. The molecule has 1 aliphatic carbocycles. The fourth-order valence-corrected chi connectivity index (χ4v) is 3.04. The third kappa shape index (κ3) is 2.47. The zero-order chi connectivity index (χ0) is 13.4. The second kappa shape index (κ2) is 4.89. The van der Waals surface area contributed by atoms with Crippen LogP contribution in [0.15, 0.2) is 40.9 Å². The van der Waals surface area contributed by atoms with Gasteiger partial charge in [-0.25, -0.2) is 0 Å². The standard InChI is InChI=1S/C16H16BrNO/c1-10-2-5-13(9-16(10)19)18-15-7-3-11-8-12(17)4-6-14(11)15/h2,4-6,8-9,15,18-19H,3,7H2,1H3. The zero-order valence-electron chi connectivity index (χ0n) is 10.8. The summed E-state index contributed by atoms with van der Waals surface area (Å²) in [6.07, 6.45) is 2.20. The van der Waals surface area contributed by atoms with Crippen molar-refractivity contribution in [1.29, 1.82) is 0 Å². The molecule has 0 bridgehead atoms. The van der Waals surface area contributed by atoms with Gasteiger partial charge in [-0.05, 0) is 54.7 Å². The highest BCUT2D eigenvalue weighted by Crippen LogP contribution is 2.36. The number of aromatic hydroxyl groups is 1. The second-order valence-electron chi connectivity index (χ2n) is 5.08. The van der Waals surface area contributed by atoms with Gasteiger partial charge in [0.2, 0.25) is 0 Å². The van der Waals surface area contributed by atoms with Gasteiger partial charge in [0.1, 0.15) is 5.75 Å². The predicted octanol–water partition coefficient (Wildman–Crippen LogP) is 4.56. The molecule has 3 rings (SSSR count). The van der Waals surface area contributed by atoms with Crippen LogP contribution in [-0.4, -0.2) is 5.11 Å². The Balaban J connectivity index is 1.84. The molecule has 2 aromatic rings. The lowest BCUT2D eigenvalue weighted by Crippen LogP contribution is -2.06. The number of benzene rings is 2. The minimum Gasteiger partial charge on any atom is -0.508 e. The SMILES string of the molecule is Cc1ccc(NC2CCc3cc(Br)ccc32)cc1O. The van der Waals surface area contributed by atoms with Crippen molar-refractivity contribution in [2.75, 3.05) is 5.32 Å². The molecule has 0 heterocycles. The van der Waals surface area contributed by atoms with E-state index in [2.05, 4.69) is 39.4 Å². The quantitative estimate of drug-likeness (QED) is 0.850. The summed E-state index contributed by atoms with van der Waals surface area (Å²) >= 11 is 3.52. The maximum atomic E-state index is 9.76. The Labute approximate surface area is 121 Å². The Bertz CT molecular complexity index is 624. The first-order valence-corrected chi connectivity index (χ1v) is 7.27. The number of hydrogen-bond acceptors (Lipinski definition) is 2. The van der Waals surface area contributed by atoms with Crippen molar-refractivity contribution in [3.05, 3.63) is 57.6 Å². The van der Waals surface area contributed by atoms with E-state index in [0.29, 0.717) is 11.8 Å². The molecule has 1 atom stereocenters. The van der Waals surface area contributed by atoms with Gasteiger partial charge in [-0.15, -0.1) is 0 Å². The van der Waals surface area contributed by atoms with Gasteiger partial charge in [-0.3, -0.25) is 0 Å². The van der Waals surface area contributed by atoms with Crippen molar-refractivity contribution >= 4 is 21.6 Å². The minimum absolute atomic E-state index is 0.338. The molecule has 0 fully saturated rings. The van der Waals surface area contributed by atoms with Crippen molar-refractivity contribution < 1.29 is 5.11 Å². The number of nitrogens with one attached hydrogen (secondary N) is 1. The Kier molecular flexibility index (Phi) is 3.23. The van der Waals surface area contributed by atoms with Crippen LogP contribution in [-0.2, 0) is 6.42 Å². The normalized spacial score (nSPS) is 17.3. The number of anilines is 1. The van der Waals surface area contributed by atoms with Crippen LogP contribution in [0.4, 0.5) is 5.69 Å². The van der Waals surface area contributed by atoms with Crippen LogP contribution < -0.4 is 5.32 Å². The summed E-state index contributed by atoms with van der Waals surface area (Å²) in [6.45, 7) is 1.90. The molecule has 3 heteroatoms. The molecule has 0 aliphatic heterocycles. The van der Waals surface area contributed by atoms with E-state index in [0.717, 1.165) is 28.6 Å². The van der Waals surface area contributed by atoms with Gasteiger partial charge < -0.3 is 10.4 Å². The van der Waals surface area contributed by atoms with Gasteiger partial charge in [0.05, 0.1) is 6.04 Å². The summed E-state index contributed by atoms with van der Waals surface area (Å²) < 4.78 is 1.14. The van der Waals surface area contributed by atoms with Crippen LogP contribution >= 0.6 is 15.9 Å². The fourth-order valence-electron chi connectivity index (χ4n) is 2.64. The number of aryl methyl sites for hydroxylation is 2. The zero-order valence-corrected chi connectivity index (χ0v) is 12.4. The van der Waals surface area contributed by atoms with Crippen LogP contribution in [0.25, 0.3) is 0 Å². The topological polar surface area (TPSA) is 32.3 Å². The third-order valence-corrected chi connectivity index (χ3v) is 4.23.